The molecule has 2 aromatic heterocycles. The summed E-state index contributed by atoms with van der Waals surface area (Å²) >= 11 is 3.07. The average molecular weight is 498 g/mol. The van der Waals surface area contributed by atoms with Gasteiger partial charge >= 0.3 is 0 Å². The van der Waals surface area contributed by atoms with Crippen LogP contribution in [0.4, 0.5) is 5.69 Å². The first-order valence-electron chi connectivity index (χ1n) is 10.3. The number of aromatic nitrogens is 2. The molecule has 2 aromatic carbocycles. The van der Waals surface area contributed by atoms with Crippen molar-refractivity contribution in [1.82, 2.24) is 9.97 Å². The molecule has 0 spiro atoms. The zero-order valence-corrected chi connectivity index (χ0v) is 20.9. The fourth-order valence-electron chi connectivity index (χ4n) is 3.44. The van der Waals surface area contributed by atoms with E-state index in [4.69, 9.17) is 0 Å². The van der Waals surface area contributed by atoms with Gasteiger partial charge in [0.1, 0.15) is 10.8 Å². The topological polar surface area (TPSA) is 80.2 Å². The summed E-state index contributed by atoms with van der Waals surface area (Å²) in [4.78, 5) is 22.9. The minimum absolute atomic E-state index is 0.0325. The lowest BCUT2D eigenvalue weighted by molar-refractivity contribution is -0.117. The van der Waals surface area contributed by atoms with Crippen LogP contribution in [0.2, 0.25) is 0 Å². The van der Waals surface area contributed by atoms with E-state index in [0.717, 1.165) is 31.8 Å². The fourth-order valence-corrected chi connectivity index (χ4v) is 6.40. The lowest BCUT2D eigenvalue weighted by Crippen LogP contribution is -2.26. The molecular formula is C24H23N3O3S3. The fraction of sp³-hybridized carbons (Fsp3) is 0.208. The largest absolute Gasteiger partial charge is 0.299 e. The second-order valence-electron chi connectivity index (χ2n) is 7.62. The number of benzene rings is 2. The van der Waals surface area contributed by atoms with E-state index in [1.54, 1.807) is 59.9 Å². The number of nitrogens with zero attached hydrogens (tertiary/aromatic N) is 3. The van der Waals surface area contributed by atoms with Crippen LogP contribution in [-0.4, -0.2) is 31.2 Å². The predicted octanol–water partition coefficient (Wildman–Crippen LogP) is 5.06. The Hall–Kier alpha value is -2.88. The molecule has 33 heavy (non-hydrogen) atoms. The summed E-state index contributed by atoms with van der Waals surface area (Å²) < 4.78 is 27.1. The van der Waals surface area contributed by atoms with Crippen molar-refractivity contribution in [1.29, 1.82) is 0 Å². The van der Waals surface area contributed by atoms with Gasteiger partial charge in [-0.2, -0.15) is 0 Å². The Morgan fingerprint density at radius 3 is 2.30 bits per heavy atom. The van der Waals surface area contributed by atoms with E-state index >= 15 is 0 Å². The molecule has 170 valence electrons. The van der Waals surface area contributed by atoms with Crippen LogP contribution in [0.3, 0.4) is 0 Å². The van der Waals surface area contributed by atoms with Gasteiger partial charge in [-0.05, 0) is 43.7 Å². The molecule has 0 fully saturated rings. The third kappa shape index (κ3) is 5.21. The van der Waals surface area contributed by atoms with Crippen LogP contribution < -0.4 is 4.31 Å². The van der Waals surface area contributed by atoms with Crippen LogP contribution in [0.15, 0.2) is 64.9 Å². The number of aryl methyl sites for hydroxylation is 2. The SMILES string of the molecule is Cc1nc(C)c(-c2csc(CC(=O)Cc3ccc(S(=O)(=O)N(C)c4ccccc4)cc3)n2)s1. The van der Waals surface area contributed by atoms with E-state index in [2.05, 4.69) is 9.97 Å². The summed E-state index contributed by atoms with van der Waals surface area (Å²) in [6.45, 7) is 3.93. The molecule has 0 aliphatic rings. The van der Waals surface area contributed by atoms with Gasteiger partial charge in [-0.3, -0.25) is 9.10 Å². The Kier molecular flexibility index (Phi) is 6.73. The molecule has 0 saturated heterocycles. The number of carbonyl (C=O) groups excluding carboxylic acids is 1. The number of hydrogen-bond donors (Lipinski definition) is 0. The molecule has 2 heterocycles. The maximum Gasteiger partial charge on any atom is 0.264 e. The lowest BCUT2D eigenvalue weighted by atomic mass is 10.1. The molecule has 0 bridgehead atoms. The van der Waals surface area contributed by atoms with E-state index in [-0.39, 0.29) is 23.5 Å². The highest BCUT2D eigenvalue weighted by molar-refractivity contribution is 7.92. The number of rotatable bonds is 8. The number of ketones is 1. The summed E-state index contributed by atoms with van der Waals surface area (Å²) in [5, 5.41) is 3.73. The van der Waals surface area contributed by atoms with Crippen molar-refractivity contribution in [3.63, 3.8) is 0 Å². The monoisotopic (exact) mass is 497 g/mol. The number of carbonyl (C=O) groups is 1. The van der Waals surface area contributed by atoms with E-state index in [1.807, 2.05) is 25.3 Å². The third-order valence-electron chi connectivity index (χ3n) is 5.14. The van der Waals surface area contributed by atoms with Crippen molar-refractivity contribution in [3.05, 3.63) is 81.2 Å². The predicted molar refractivity (Wildman–Crippen MR) is 134 cm³/mol. The van der Waals surface area contributed by atoms with Gasteiger partial charge in [-0.15, -0.1) is 22.7 Å². The van der Waals surface area contributed by atoms with Crippen molar-refractivity contribution in [2.75, 3.05) is 11.4 Å². The smallest absolute Gasteiger partial charge is 0.264 e. The van der Waals surface area contributed by atoms with Crippen molar-refractivity contribution in [3.8, 4) is 10.6 Å². The molecule has 4 aromatic rings. The standard InChI is InChI=1S/C24H23N3O3S3/c1-16-24(32-17(2)25-16)22-15-31-23(26-22)14-20(28)13-18-9-11-21(12-10-18)33(29,30)27(3)19-7-5-4-6-8-19/h4-12,15H,13-14H2,1-3H3. The number of para-hydroxylation sites is 1. The lowest BCUT2D eigenvalue weighted by Gasteiger charge is -2.19. The van der Waals surface area contributed by atoms with Crippen LogP contribution in [0.25, 0.3) is 10.6 Å². The van der Waals surface area contributed by atoms with Crippen molar-refractivity contribution in [2.24, 2.45) is 0 Å². The highest BCUT2D eigenvalue weighted by Gasteiger charge is 2.21. The summed E-state index contributed by atoms with van der Waals surface area (Å²) in [5.74, 6) is 0.0325. The van der Waals surface area contributed by atoms with E-state index < -0.39 is 10.0 Å². The van der Waals surface area contributed by atoms with Gasteiger partial charge in [0.05, 0.1) is 38.3 Å². The first-order valence-corrected chi connectivity index (χ1v) is 13.4. The molecule has 0 atom stereocenters. The maximum atomic E-state index is 12.9. The van der Waals surface area contributed by atoms with Crippen molar-refractivity contribution < 1.29 is 13.2 Å². The second-order valence-corrected chi connectivity index (χ2v) is 11.7. The van der Waals surface area contributed by atoms with Gasteiger partial charge < -0.3 is 0 Å². The Morgan fingerprint density at radius 1 is 0.970 bits per heavy atom. The zero-order chi connectivity index (χ0) is 23.6. The molecule has 0 radical (unpaired) electrons. The molecule has 4 rings (SSSR count). The first-order chi connectivity index (χ1) is 15.7. The first kappa shape index (κ1) is 23.3. The van der Waals surface area contributed by atoms with E-state index in [1.165, 1.54) is 22.7 Å². The van der Waals surface area contributed by atoms with Crippen molar-refractivity contribution in [2.45, 2.75) is 31.6 Å². The zero-order valence-electron chi connectivity index (χ0n) is 18.5. The Morgan fingerprint density at radius 2 is 1.67 bits per heavy atom. The Bertz CT molecular complexity index is 1380. The van der Waals surface area contributed by atoms with E-state index in [9.17, 15) is 13.2 Å². The number of Topliss-reactive ketones (excluding diaryl/α,β-unsaturated/α-hetero) is 1. The Balaban J connectivity index is 1.41. The van der Waals surface area contributed by atoms with Gasteiger partial charge in [-0.1, -0.05) is 30.3 Å². The van der Waals surface area contributed by atoms with Crippen LogP contribution in [0, 0.1) is 13.8 Å². The molecular weight excluding hydrogens is 474 g/mol. The Labute approximate surface area is 201 Å². The number of anilines is 1. The molecule has 9 heteroatoms. The summed E-state index contributed by atoms with van der Waals surface area (Å²) in [6.07, 6.45) is 0.473. The highest BCUT2D eigenvalue weighted by atomic mass is 32.2. The third-order valence-corrected chi connectivity index (χ3v) is 8.88. The number of sulfonamides is 1. The number of thiazole rings is 2. The van der Waals surface area contributed by atoms with E-state index in [0.29, 0.717) is 5.69 Å². The van der Waals surface area contributed by atoms with Crippen LogP contribution in [0.5, 0.6) is 0 Å². The van der Waals surface area contributed by atoms with Gasteiger partial charge in [0.2, 0.25) is 0 Å². The summed E-state index contributed by atoms with van der Waals surface area (Å²) in [6, 6.07) is 15.4. The molecule has 0 N–H and O–H groups in total. The second kappa shape index (κ2) is 9.54. The normalized spacial score (nSPS) is 11.5. The molecule has 0 unspecified atom stereocenters. The van der Waals surface area contributed by atoms with Crippen molar-refractivity contribution >= 4 is 44.2 Å². The van der Waals surface area contributed by atoms with Gasteiger partial charge in [0, 0.05) is 18.8 Å². The minimum atomic E-state index is -3.68. The molecule has 0 aliphatic carbocycles. The summed E-state index contributed by atoms with van der Waals surface area (Å²) in [7, 11) is -2.15. The average Bonchev–Trinajstić information content (AvgIpc) is 3.39. The number of hydrogen-bond acceptors (Lipinski definition) is 7. The van der Waals surface area contributed by atoms with Gasteiger partial charge in [-0.25, -0.2) is 18.4 Å². The van der Waals surface area contributed by atoms with Gasteiger partial charge in [0.25, 0.3) is 10.0 Å². The molecule has 6 nitrogen and oxygen atoms in total. The minimum Gasteiger partial charge on any atom is -0.299 e. The maximum absolute atomic E-state index is 12.9. The highest BCUT2D eigenvalue weighted by Crippen LogP contribution is 2.30. The van der Waals surface area contributed by atoms with Crippen LogP contribution >= 0.6 is 22.7 Å². The molecule has 0 amide bonds. The summed E-state index contributed by atoms with van der Waals surface area (Å²) in [5.41, 5.74) is 3.17. The molecule has 0 aliphatic heterocycles. The van der Waals surface area contributed by atoms with Crippen LogP contribution in [0.1, 0.15) is 21.3 Å². The molecule has 0 saturated carbocycles. The van der Waals surface area contributed by atoms with Crippen LogP contribution in [-0.2, 0) is 27.7 Å². The quantitative estimate of drug-likeness (QED) is 0.340. The van der Waals surface area contributed by atoms with Gasteiger partial charge in [0.15, 0.2) is 0 Å².